The fraction of sp³-hybridized carbons (Fsp3) is 0.0909. The number of benzene rings is 1. The van der Waals surface area contributed by atoms with Crippen LogP contribution in [0.25, 0.3) is 0 Å². The van der Waals surface area contributed by atoms with Crippen LogP contribution in [0.5, 0.6) is 5.75 Å². The summed E-state index contributed by atoms with van der Waals surface area (Å²) in [6, 6.07) is 17.8. The van der Waals surface area contributed by atoms with Gasteiger partial charge in [-0.3, -0.25) is 9.67 Å². The summed E-state index contributed by atoms with van der Waals surface area (Å²) in [5.41, 5.74) is 1.85. The second-order valence-electron chi connectivity index (χ2n) is 5.88. The Hall–Kier alpha value is -3.36. The average Bonchev–Trinajstić information content (AvgIpc) is 3.39. The Balaban J connectivity index is 1.33. The molecule has 0 unspecified atom stereocenters. The van der Waals surface area contributed by atoms with Gasteiger partial charge in [0.15, 0.2) is 0 Å². The Morgan fingerprint density at radius 2 is 1.74 bits per heavy atom. The quantitative estimate of drug-likeness (QED) is 0.489. The van der Waals surface area contributed by atoms with E-state index in [4.69, 9.17) is 4.74 Å². The van der Waals surface area contributed by atoms with Crippen LogP contribution in [0.15, 0.2) is 79.4 Å². The molecule has 0 saturated heterocycles. The maximum atomic E-state index is 5.89. The van der Waals surface area contributed by atoms with E-state index in [1.165, 1.54) is 9.75 Å². The third kappa shape index (κ3) is 4.84. The normalized spacial score (nSPS) is 10.2. The maximum absolute atomic E-state index is 5.89. The molecule has 0 aliphatic rings. The van der Waals surface area contributed by atoms with Crippen LogP contribution in [0, 0.1) is 11.8 Å². The van der Waals surface area contributed by atoms with Crippen molar-refractivity contribution in [2.75, 3.05) is 0 Å². The van der Waals surface area contributed by atoms with E-state index < -0.39 is 0 Å². The maximum Gasteiger partial charge on any atom is 0.122 e. The number of aromatic nitrogens is 3. The van der Waals surface area contributed by atoms with E-state index in [1.807, 2.05) is 53.3 Å². The summed E-state index contributed by atoms with van der Waals surface area (Å²) >= 11 is 1.75. The monoisotopic (exact) mass is 371 g/mol. The van der Waals surface area contributed by atoms with Crippen molar-refractivity contribution in [3.63, 3.8) is 0 Å². The van der Waals surface area contributed by atoms with E-state index >= 15 is 0 Å². The second kappa shape index (κ2) is 8.35. The first-order valence-corrected chi connectivity index (χ1v) is 9.37. The molecular formula is C22H17N3OS. The number of hydrogen-bond acceptors (Lipinski definition) is 4. The summed E-state index contributed by atoms with van der Waals surface area (Å²) in [5.74, 6) is 7.07. The lowest BCUT2D eigenvalue weighted by Crippen LogP contribution is -1.97. The van der Waals surface area contributed by atoms with Crippen LogP contribution in [0.3, 0.4) is 0 Å². The van der Waals surface area contributed by atoms with Gasteiger partial charge in [-0.15, -0.1) is 11.3 Å². The molecule has 4 rings (SSSR count). The smallest absolute Gasteiger partial charge is 0.122 e. The van der Waals surface area contributed by atoms with Gasteiger partial charge in [0.2, 0.25) is 0 Å². The van der Waals surface area contributed by atoms with Crippen LogP contribution in [0.4, 0.5) is 0 Å². The Labute approximate surface area is 162 Å². The van der Waals surface area contributed by atoms with Crippen molar-refractivity contribution in [1.82, 2.24) is 14.8 Å². The van der Waals surface area contributed by atoms with Gasteiger partial charge in [0.05, 0.1) is 6.54 Å². The summed E-state index contributed by atoms with van der Waals surface area (Å²) < 4.78 is 7.81. The highest BCUT2D eigenvalue weighted by Crippen LogP contribution is 2.20. The number of nitrogens with zero attached hydrogens (tertiary/aromatic N) is 3. The topological polar surface area (TPSA) is 39.9 Å². The van der Waals surface area contributed by atoms with E-state index in [2.05, 4.69) is 34.1 Å². The Morgan fingerprint density at radius 1 is 0.889 bits per heavy atom. The SMILES string of the molecule is C(#Cc1cccnc1)c1ccc(OCc2ccc(Cn3cccn3)s2)cc1. The predicted molar refractivity (Wildman–Crippen MR) is 107 cm³/mol. The van der Waals surface area contributed by atoms with Crippen LogP contribution in [-0.4, -0.2) is 14.8 Å². The van der Waals surface area contributed by atoms with Gasteiger partial charge in [0.1, 0.15) is 12.4 Å². The molecule has 0 saturated carbocycles. The summed E-state index contributed by atoms with van der Waals surface area (Å²) in [5, 5.41) is 4.23. The molecule has 4 aromatic rings. The number of ether oxygens (including phenoxy) is 1. The molecule has 3 aromatic heterocycles. The second-order valence-corrected chi connectivity index (χ2v) is 7.13. The molecule has 0 amide bonds. The van der Waals surface area contributed by atoms with Gasteiger partial charge in [-0.05, 0) is 54.6 Å². The van der Waals surface area contributed by atoms with Crippen LogP contribution in [-0.2, 0) is 13.2 Å². The zero-order chi connectivity index (χ0) is 18.3. The fourth-order valence-corrected chi connectivity index (χ4v) is 3.43. The standard InChI is InChI=1S/C22H17N3OS/c1-3-19(15-23-12-1)5-4-18-6-8-20(9-7-18)26-17-22-11-10-21(27-22)16-25-14-2-13-24-25/h1-3,6-15H,16-17H2. The first-order chi connectivity index (χ1) is 13.3. The lowest BCUT2D eigenvalue weighted by Gasteiger charge is -2.04. The van der Waals surface area contributed by atoms with E-state index in [1.54, 1.807) is 29.9 Å². The number of hydrogen-bond donors (Lipinski definition) is 0. The number of rotatable bonds is 5. The van der Waals surface area contributed by atoms with Gasteiger partial charge in [-0.1, -0.05) is 11.8 Å². The summed E-state index contributed by atoms with van der Waals surface area (Å²) in [7, 11) is 0. The minimum atomic E-state index is 0.560. The van der Waals surface area contributed by atoms with Crippen LogP contribution >= 0.6 is 11.3 Å². The van der Waals surface area contributed by atoms with Gasteiger partial charge in [-0.2, -0.15) is 5.10 Å². The highest BCUT2D eigenvalue weighted by atomic mass is 32.1. The molecule has 4 nitrogen and oxygen atoms in total. The van der Waals surface area contributed by atoms with Crippen molar-refractivity contribution in [2.45, 2.75) is 13.2 Å². The largest absolute Gasteiger partial charge is 0.488 e. The Bertz CT molecular complexity index is 1040. The van der Waals surface area contributed by atoms with Crippen molar-refractivity contribution in [2.24, 2.45) is 0 Å². The van der Waals surface area contributed by atoms with Gasteiger partial charge in [-0.25, -0.2) is 0 Å². The Morgan fingerprint density at radius 3 is 2.52 bits per heavy atom. The van der Waals surface area contributed by atoms with Crippen molar-refractivity contribution >= 4 is 11.3 Å². The fourth-order valence-electron chi connectivity index (χ4n) is 2.51. The molecule has 0 spiro atoms. The van der Waals surface area contributed by atoms with Crippen LogP contribution < -0.4 is 4.74 Å². The molecule has 27 heavy (non-hydrogen) atoms. The van der Waals surface area contributed by atoms with Crippen molar-refractivity contribution in [1.29, 1.82) is 0 Å². The molecule has 1 aromatic carbocycles. The molecular weight excluding hydrogens is 354 g/mol. The zero-order valence-corrected chi connectivity index (χ0v) is 15.4. The lowest BCUT2D eigenvalue weighted by molar-refractivity contribution is 0.310. The molecule has 132 valence electrons. The predicted octanol–water partition coefficient (Wildman–Crippen LogP) is 4.37. The molecule has 0 N–H and O–H groups in total. The van der Waals surface area contributed by atoms with Crippen molar-refractivity contribution in [3.05, 3.63) is 100 Å². The van der Waals surface area contributed by atoms with Crippen molar-refractivity contribution in [3.8, 4) is 17.6 Å². The third-order valence-corrected chi connectivity index (χ3v) is 4.89. The van der Waals surface area contributed by atoms with E-state index in [9.17, 15) is 0 Å². The van der Waals surface area contributed by atoms with Gasteiger partial charge < -0.3 is 4.74 Å². The summed E-state index contributed by atoms with van der Waals surface area (Å²) in [6.45, 7) is 1.35. The van der Waals surface area contributed by atoms with Gasteiger partial charge in [0, 0.05) is 45.7 Å². The van der Waals surface area contributed by atoms with E-state index in [0.717, 1.165) is 23.4 Å². The highest BCUT2D eigenvalue weighted by molar-refractivity contribution is 7.11. The lowest BCUT2D eigenvalue weighted by atomic mass is 10.2. The molecule has 0 aliphatic carbocycles. The molecule has 0 fully saturated rings. The Kier molecular flexibility index (Phi) is 5.28. The van der Waals surface area contributed by atoms with Gasteiger partial charge in [0.25, 0.3) is 0 Å². The molecule has 0 aliphatic heterocycles. The van der Waals surface area contributed by atoms with Crippen molar-refractivity contribution < 1.29 is 4.74 Å². The van der Waals surface area contributed by atoms with E-state index in [0.29, 0.717) is 6.61 Å². The summed E-state index contributed by atoms with van der Waals surface area (Å²) in [4.78, 5) is 6.51. The minimum Gasteiger partial charge on any atom is -0.488 e. The van der Waals surface area contributed by atoms with Crippen LogP contribution in [0.1, 0.15) is 20.9 Å². The average molecular weight is 371 g/mol. The van der Waals surface area contributed by atoms with E-state index in [-0.39, 0.29) is 0 Å². The van der Waals surface area contributed by atoms with Gasteiger partial charge >= 0.3 is 0 Å². The number of thiophene rings is 1. The third-order valence-electron chi connectivity index (χ3n) is 3.84. The number of pyridine rings is 1. The first kappa shape index (κ1) is 17.1. The van der Waals surface area contributed by atoms with Crippen LogP contribution in [0.2, 0.25) is 0 Å². The first-order valence-electron chi connectivity index (χ1n) is 8.55. The molecule has 3 heterocycles. The molecule has 0 bridgehead atoms. The molecule has 0 radical (unpaired) electrons. The molecule has 5 heteroatoms. The summed E-state index contributed by atoms with van der Waals surface area (Å²) in [6.07, 6.45) is 7.26. The highest BCUT2D eigenvalue weighted by Gasteiger charge is 2.03. The zero-order valence-electron chi connectivity index (χ0n) is 14.6. The minimum absolute atomic E-state index is 0.560. The molecule has 0 atom stereocenters.